The van der Waals surface area contributed by atoms with Gasteiger partial charge in [0.2, 0.25) is 0 Å². The molecule has 0 spiro atoms. The van der Waals surface area contributed by atoms with Crippen molar-refractivity contribution in [2.24, 2.45) is 0 Å². The Morgan fingerprint density at radius 2 is 2.14 bits per heavy atom. The normalized spacial score (nSPS) is 11.5. The molecule has 9 heteroatoms. The van der Waals surface area contributed by atoms with Crippen LogP contribution in [0.5, 0.6) is 0 Å². The quantitative estimate of drug-likeness (QED) is 0.764. The number of halogens is 1. The SMILES string of the molecule is O=S(=O)(Nc1ncn(Cc2cccc(Cl)c2)n1)c1cccs1. The Morgan fingerprint density at radius 3 is 2.86 bits per heavy atom. The Kier molecular flexibility index (Phi) is 4.14. The highest BCUT2D eigenvalue weighted by atomic mass is 35.5. The fourth-order valence-corrected chi connectivity index (χ4v) is 3.98. The Labute approximate surface area is 136 Å². The van der Waals surface area contributed by atoms with Gasteiger partial charge < -0.3 is 0 Å². The number of anilines is 1. The first kappa shape index (κ1) is 15.0. The van der Waals surface area contributed by atoms with E-state index in [1.54, 1.807) is 17.5 Å². The summed E-state index contributed by atoms with van der Waals surface area (Å²) in [5.74, 6) is 0.0374. The van der Waals surface area contributed by atoms with E-state index in [-0.39, 0.29) is 10.2 Å². The molecule has 3 rings (SSSR count). The van der Waals surface area contributed by atoms with E-state index >= 15 is 0 Å². The number of hydrogen-bond acceptors (Lipinski definition) is 5. The minimum atomic E-state index is -3.63. The molecule has 0 saturated carbocycles. The maximum absolute atomic E-state index is 12.1. The lowest BCUT2D eigenvalue weighted by atomic mass is 10.2. The topological polar surface area (TPSA) is 76.9 Å². The molecular weight excluding hydrogens is 344 g/mol. The first-order chi connectivity index (χ1) is 10.5. The number of rotatable bonds is 5. The lowest BCUT2D eigenvalue weighted by Gasteiger charge is -2.02. The summed E-state index contributed by atoms with van der Waals surface area (Å²) in [6.45, 7) is 0.453. The van der Waals surface area contributed by atoms with Gasteiger partial charge in [0, 0.05) is 5.02 Å². The Balaban J connectivity index is 1.74. The van der Waals surface area contributed by atoms with Crippen LogP contribution in [0.2, 0.25) is 5.02 Å². The highest BCUT2D eigenvalue weighted by Gasteiger charge is 2.17. The second-order valence-corrected chi connectivity index (χ2v) is 7.73. The number of thiophene rings is 1. The molecule has 1 aromatic carbocycles. The fraction of sp³-hybridized carbons (Fsp3) is 0.0769. The van der Waals surface area contributed by atoms with Crippen molar-refractivity contribution >= 4 is 38.9 Å². The smallest absolute Gasteiger partial charge is 0.246 e. The molecule has 3 aromatic rings. The summed E-state index contributed by atoms with van der Waals surface area (Å²) in [5.41, 5.74) is 0.949. The van der Waals surface area contributed by atoms with E-state index in [0.29, 0.717) is 11.6 Å². The summed E-state index contributed by atoms with van der Waals surface area (Å²) in [4.78, 5) is 3.96. The second kappa shape index (κ2) is 6.07. The number of hydrogen-bond donors (Lipinski definition) is 1. The van der Waals surface area contributed by atoms with Gasteiger partial charge in [-0.3, -0.25) is 0 Å². The minimum Gasteiger partial charge on any atom is -0.246 e. The third-order valence-electron chi connectivity index (χ3n) is 2.76. The lowest BCUT2D eigenvalue weighted by molar-refractivity contribution is 0.602. The van der Waals surface area contributed by atoms with E-state index < -0.39 is 10.0 Å². The van der Waals surface area contributed by atoms with Crippen molar-refractivity contribution in [3.63, 3.8) is 0 Å². The zero-order chi connectivity index (χ0) is 15.6. The Hall–Kier alpha value is -1.90. The van der Waals surface area contributed by atoms with Gasteiger partial charge in [0.25, 0.3) is 16.0 Å². The first-order valence-corrected chi connectivity index (χ1v) is 8.97. The fourth-order valence-electron chi connectivity index (χ4n) is 1.83. The molecule has 2 aromatic heterocycles. The molecule has 0 aliphatic rings. The van der Waals surface area contributed by atoms with E-state index in [1.807, 2.05) is 18.2 Å². The Bertz CT molecular complexity index is 875. The largest absolute Gasteiger partial charge is 0.273 e. The molecule has 0 aliphatic carbocycles. The summed E-state index contributed by atoms with van der Waals surface area (Å²) in [6, 6.07) is 10.5. The summed E-state index contributed by atoms with van der Waals surface area (Å²) in [5, 5.41) is 6.44. The van der Waals surface area contributed by atoms with Crippen LogP contribution in [0.3, 0.4) is 0 Å². The summed E-state index contributed by atoms with van der Waals surface area (Å²) < 4.78 is 28.2. The van der Waals surface area contributed by atoms with E-state index in [1.165, 1.54) is 17.1 Å². The van der Waals surface area contributed by atoms with Gasteiger partial charge in [-0.25, -0.2) is 17.8 Å². The molecule has 0 aliphatic heterocycles. The van der Waals surface area contributed by atoms with Gasteiger partial charge >= 0.3 is 0 Å². The molecule has 0 unspecified atom stereocenters. The second-order valence-electron chi connectivity index (χ2n) is 4.43. The number of nitrogens with zero attached hydrogens (tertiary/aromatic N) is 3. The molecule has 2 heterocycles. The summed E-state index contributed by atoms with van der Waals surface area (Å²) >= 11 is 7.06. The van der Waals surface area contributed by atoms with Gasteiger partial charge in [-0.15, -0.1) is 16.4 Å². The highest BCUT2D eigenvalue weighted by molar-refractivity contribution is 7.94. The van der Waals surface area contributed by atoms with Gasteiger partial charge in [-0.2, -0.15) is 4.98 Å². The molecule has 0 bridgehead atoms. The van der Waals surface area contributed by atoms with Crippen LogP contribution in [0.4, 0.5) is 5.95 Å². The van der Waals surface area contributed by atoms with E-state index in [4.69, 9.17) is 11.6 Å². The average molecular weight is 355 g/mol. The molecule has 0 saturated heterocycles. The molecule has 0 atom stereocenters. The minimum absolute atomic E-state index is 0.0374. The molecule has 0 amide bonds. The first-order valence-electron chi connectivity index (χ1n) is 6.23. The highest BCUT2D eigenvalue weighted by Crippen LogP contribution is 2.18. The van der Waals surface area contributed by atoms with Gasteiger partial charge in [-0.1, -0.05) is 29.8 Å². The maximum atomic E-state index is 12.1. The molecule has 114 valence electrons. The number of benzene rings is 1. The number of nitrogens with one attached hydrogen (secondary N) is 1. The third kappa shape index (κ3) is 3.46. The molecule has 1 N–H and O–H groups in total. The summed E-state index contributed by atoms with van der Waals surface area (Å²) in [6.07, 6.45) is 1.47. The molecular formula is C13H11ClN4O2S2. The van der Waals surface area contributed by atoms with Crippen molar-refractivity contribution < 1.29 is 8.42 Å². The summed E-state index contributed by atoms with van der Waals surface area (Å²) in [7, 11) is -3.63. The van der Waals surface area contributed by atoms with E-state index in [9.17, 15) is 8.42 Å². The number of aromatic nitrogens is 3. The number of sulfonamides is 1. The van der Waals surface area contributed by atoms with Crippen LogP contribution in [0.25, 0.3) is 0 Å². The van der Waals surface area contributed by atoms with Gasteiger partial charge in [0.05, 0.1) is 6.54 Å². The van der Waals surface area contributed by atoms with Crippen molar-refractivity contribution in [3.05, 3.63) is 58.7 Å². The average Bonchev–Trinajstić information content (AvgIpc) is 3.10. The Morgan fingerprint density at radius 1 is 1.27 bits per heavy atom. The van der Waals surface area contributed by atoms with E-state index in [2.05, 4.69) is 14.8 Å². The van der Waals surface area contributed by atoms with E-state index in [0.717, 1.165) is 16.9 Å². The maximum Gasteiger partial charge on any atom is 0.273 e. The van der Waals surface area contributed by atoms with Crippen LogP contribution in [0, 0.1) is 0 Å². The van der Waals surface area contributed by atoms with Crippen molar-refractivity contribution in [2.45, 2.75) is 10.8 Å². The van der Waals surface area contributed by atoms with Crippen LogP contribution in [-0.2, 0) is 16.6 Å². The molecule has 0 fully saturated rings. The van der Waals surface area contributed by atoms with Crippen LogP contribution >= 0.6 is 22.9 Å². The van der Waals surface area contributed by atoms with Crippen molar-refractivity contribution in [2.75, 3.05) is 4.72 Å². The van der Waals surface area contributed by atoms with Crippen molar-refractivity contribution in [3.8, 4) is 0 Å². The van der Waals surface area contributed by atoms with Crippen LogP contribution in [0.1, 0.15) is 5.56 Å². The van der Waals surface area contributed by atoms with Gasteiger partial charge in [0.15, 0.2) is 0 Å². The van der Waals surface area contributed by atoms with Crippen molar-refractivity contribution in [1.29, 1.82) is 0 Å². The third-order valence-corrected chi connectivity index (χ3v) is 5.72. The standard InChI is InChI=1S/C13H11ClN4O2S2/c14-11-4-1-3-10(7-11)8-18-9-15-13(16-18)17-22(19,20)12-5-2-6-21-12/h1-7,9H,8H2,(H,16,17). The predicted molar refractivity (Wildman–Crippen MR) is 85.7 cm³/mol. The van der Waals surface area contributed by atoms with Gasteiger partial charge in [-0.05, 0) is 29.1 Å². The zero-order valence-corrected chi connectivity index (χ0v) is 13.6. The van der Waals surface area contributed by atoms with Crippen LogP contribution < -0.4 is 4.72 Å². The lowest BCUT2D eigenvalue weighted by Crippen LogP contribution is -2.13. The molecule has 0 radical (unpaired) electrons. The zero-order valence-electron chi connectivity index (χ0n) is 11.2. The molecule has 22 heavy (non-hydrogen) atoms. The van der Waals surface area contributed by atoms with Gasteiger partial charge in [0.1, 0.15) is 10.5 Å². The van der Waals surface area contributed by atoms with Crippen LogP contribution in [0.15, 0.2) is 52.3 Å². The predicted octanol–water partition coefficient (Wildman–Crippen LogP) is 2.84. The van der Waals surface area contributed by atoms with Crippen LogP contribution in [-0.4, -0.2) is 23.2 Å². The van der Waals surface area contributed by atoms with Crippen molar-refractivity contribution in [1.82, 2.24) is 14.8 Å². The molecule has 6 nitrogen and oxygen atoms in total. The monoisotopic (exact) mass is 354 g/mol.